The molecule has 224 valence electrons. The minimum Gasteiger partial charge on any atom is -0.465 e. The molecule has 3 aromatic carbocycles. The lowest BCUT2D eigenvalue weighted by atomic mass is 9.96. The quantitative estimate of drug-likeness (QED) is 0.197. The van der Waals surface area contributed by atoms with Gasteiger partial charge < -0.3 is 20.7 Å². The average molecular weight is 584 g/mol. The van der Waals surface area contributed by atoms with Crippen LogP contribution in [0, 0.1) is 6.92 Å². The van der Waals surface area contributed by atoms with E-state index in [1.165, 1.54) is 12.2 Å². The van der Waals surface area contributed by atoms with E-state index in [1.54, 1.807) is 37.4 Å². The minimum absolute atomic E-state index is 0.247. The Balaban J connectivity index is 1.35. The van der Waals surface area contributed by atoms with Gasteiger partial charge in [-0.3, -0.25) is 19.3 Å². The van der Waals surface area contributed by atoms with E-state index >= 15 is 0 Å². The van der Waals surface area contributed by atoms with Crippen LogP contribution < -0.4 is 16.0 Å². The Morgan fingerprint density at radius 1 is 1.07 bits per heavy atom. The van der Waals surface area contributed by atoms with Gasteiger partial charge in [0.2, 0.25) is 0 Å². The van der Waals surface area contributed by atoms with Crippen molar-refractivity contribution in [3.8, 4) is 0 Å². The van der Waals surface area contributed by atoms with E-state index in [-0.39, 0.29) is 11.8 Å². The van der Waals surface area contributed by atoms with Crippen molar-refractivity contribution in [1.29, 1.82) is 0 Å². The van der Waals surface area contributed by atoms with Gasteiger partial charge in [0, 0.05) is 56.1 Å². The van der Waals surface area contributed by atoms with Gasteiger partial charge in [-0.15, -0.1) is 0 Å². The summed E-state index contributed by atoms with van der Waals surface area (Å²) >= 11 is 0. The summed E-state index contributed by atoms with van der Waals surface area (Å²) in [7, 11) is 2.95. The maximum absolute atomic E-state index is 13.3. The van der Waals surface area contributed by atoms with Crippen molar-refractivity contribution < 1.29 is 24.0 Å². The fourth-order valence-corrected chi connectivity index (χ4v) is 5.39. The first-order chi connectivity index (χ1) is 20.7. The highest BCUT2D eigenvalue weighted by Gasteiger charge is 2.30. The smallest absolute Gasteiger partial charge is 0.338 e. The number of nitrogens with zero attached hydrogens (tertiary/aromatic N) is 2. The zero-order valence-corrected chi connectivity index (χ0v) is 24.9. The van der Waals surface area contributed by atoms with E-state index < -0.39 is 5.97 Å². The van der Waals surface area contributed by atoms with E-state index in [1.807, 2.05) is 43.3 Å². The molecule has 0 aliphatic carbocycles. The summed E-state index contributed by atoms with van der Waals surface area (Å²) in [5.41, 5.74) is 5.35. The molecular formula is C33H37N5O5. The van der Waals surface area contributed by atoms with Crippen LogP contribution in [0.2, 0.25) is 0 Å². The lowest BCUT2D eigenvalue weighted by molar-refractivity contribution is -0.110. The Hall–Kier alpha value is -4.51. The molecule has 5 rings (SSSR count). The van der Waals surface area contributed by atoms with Gasteiger partial charge in [0.15, 0.2) is 0 Å². The van der Waals surface area contributed by atoms with E-state index in [0.717, 1.165) is 31.7 Å². The van der Waals surface area contributed by atoms with Crippen LogP contribution in [-0.2, 0) is 14.4 Å². The number of rotatable bonds is 9. The second-order valence-corrected chi connectivity index (χ2v) is 10.8. The number of esters is 1. The van der Waals surface area contributed by atoms with Gasteiger partial charge in [0.05, 0.1) is 36.2 Å². The normalized spacial score (nSPS) is 17.6. The zero-order chi connectivity index (χ0) is 30.5. The number of methoxy groups -OCH3 is 1. The molecule has 2 aliphatic heterocycles. The van der Waals surface area contributed by atoms with E-state index in [0.29, 0.717) is 57.5 Å². The number of nitrogens with one attached hydrogen (secondary N) is 3. The molecule has 0 bridgehead atoms. The number of hydrogen-bond donors (Lipinski definition) is 3. The molecule has 1 unspecified atom stereocenters. The van der Waals surface area contributed by atoms with Gasteiger partial charge in [-0.05, 0) is 61.4 Å². The number of fused-ring (bicyclic) bond motifs is 1. The van der Waals surface area contributed by atoms with Crippen LogP contribution in [0.4, 0.5) is 11.4 Å². The second kappa shape index (κ2) is 13.2. The summed E-state index contributed by atoms with van der Waals surface area (Å²) in [4.78, 5) is 46.6. The summed E-state index contributed by atoms with van der Waals surface area (Å²) in [5.74, 6) is -1.00. The van der Waals surface area contributed by atoms with Crippen molar-refractivity contribution >= 4 is 40.4 Å². The lowest BCUT2D eigenvalue weighted by Gasteiger charge is -2.31. The standard InChI is InChI=1S/C33H37N5O5/c1-21-18-27-28(19-26(21)33(41)42-4)36-31(39)29(27)30(23-8-6-5-7-9-23)35-25-12-10-24(11-13-25)32(40)37(3)43-17-16-38-15-14-34-22(2)20-38/h5-13,18-19,22,34-35H,14-17,20H2,1-4H3,(H,36,39)/b30-29-. The Kier molecular flexibility index (Phi) is 9.20. The Labute approximate surface area is 251 Å². The summed E-state index contributed by atoms with van der Waals surface area (Å²) in [6.07, 6.45) is 0. The van der Waals surface area contributed by atoms with Gasteiger partial charge in [-0.25, -0.2) is 9.86 Å². The minimum atomic E-state index is -0.465. The van der Waals surface area contributed by atoms with Gasteiger partial charge in [-0.1, -0.05) is 30.3 Å². The molecule has 0 aromatic heterocycles. The van der Waals surface area contributed by atoms with Gasteiger partial charge in [0.25, 0.3) is 11.8 Å². The number of carbonyl (C=O) groups is 3. The molecule has 2 heterocycles. The monoisotopic (exact) mass is 583 g/mol. The molecule has 0 radical (unpaired) electrons. The second-order valence-electron chi connectivity index (χ2n) is 10.8. The number of amides is 2. The van der Waals surface area contributed by atoms with E-state index in [4.69, 9.17) is 9.57 Å². The first-order valence-electron chi connectivity index (χ1n) is 14.3. The molecule has 0 saturated carbocycles. The number of piperazine rings is 1. The molecule has 1 fully saturated rings. The zero-order valence-electron chi connectivity index (χ0n) is 24.9. The predicted octanol–water partition coefficient (Wildman–Crippen LogP) is 4.01. The fourth-order valence-electron chi connectivity index (χ4n) is 5.39. The molecule has 10 heteroatoms. The average Bonchev–Trinajstić information content (AvgIpc) is 3.33. The number of aryl methyl sites for hydroxylation is 1. The molecule has 1 saturated heterocycles. The SMILES string of the molecule is COC(=O)c1cc2c(cc1C)/C(=C(/Nc1ccc(C(=O)N(C)OCCN3CCNC(C)C3)cc1)c1ccccc1)C(=O)N2. The highest BCUT2D eigenvalue weighted by molar-refractivity contribution is 6.37. The summed E-state index contributed by atoms with van der Waals surface area (Å²) in [6, 6.07) is 20.5. The Morgan fingerprint density at radius 2 is 1.81 bits per heavy atom. The first-order valence-corrected chi connectivity index (χ1v) is 14.3. The number of hydroxylamine groups is 2. The Bertz CT molecular complexity index is 1540. The van der Waals surface area contributed by atoms with Gasteiger partial charge >= 0.3 is 5.97 Å². The molecule has 10 nitrogen and oxygen atoms in total. The van der Waals surface area contributed by atoms with Crippen molar-refractivity contribution in [2.45, 2.75) is 19.9 Å². The molecule has 43 heavy (non-hydrogen) atoms. The van der Waals surface area contributed by atoms with Crippen molar-refractivity contribution in [3.05, 3.63) is 94.5 Å². The largest absolute Gasteiger partial charge is 0.465 e. The third-order valence-corrected chi connectivity index (χ3v) is 7.66. The third kappa shape index (κ3) is 6.77. The van der Waals surface area contributed by atoms with E-state index in [2.05, 4.69) is 27.8 Å². The molecule has 3 N–H and O–H groups in total. The van der Waals surface area contributed by atoms with Gasteiger partial charge in [0.1, 0.15) is 0 Å². The number of hydrogen-bond acceptors (Lipinski definition) is 8. The first kappa shape index (κ1) is 30.0. The summed E-state index contributed by atoms with van der Waals surface area (Å²) < 4.78 is 4.90. The van der Waals surface area contributed by atoms with Crippen LogP contribution in [0.1, 0.15) is 44.3 Å². The van der Waals surface area contributed by atoms with Crippen LogP contribution in [0.15, 0.2) is 66.7 Å². The van der Waals surface area contributed by atoms with Crippen LogP contribution in [-0.4, -0.2) is 80.7 Å². The van der Waals surface area contributed by atoms with Crippen LogP contribution in [0.25, 0.3) is 11.3 Å². The van der Waals surface area contributed by atoms with Crippen molar-refractivity contribution in [2.24, 2.45) is 0 Å². The van der Waals surface area contributed by atoms with E-state index in [9.17, 15) is 14.4 Å². The summed E-state index contributed by atoms with van der Waals surface area (Å²) in [5, 5.41) is 11.0. The number of carbonyl (C=O) groups excluding carboxylic acids is 3. The van der Waals surface area contributed by atoms with Gasteiger partial charge in [-0.2, -0.15) is 0 Å². The fraction of sp³-hybridized carbons (Fsp3) is 0.303. The molecular weight excluding hydrogens is 546 g/mol. The predicted molar refractivity (Wildman–Crippen MR) is 166 cm³/mol. The number of ether oxygens (including phenoxy) is 1. The van der Waals surface area contributed by atoms with Crippen molar-refractivity contribution in [3.63, 3.8) is 0 Å². The van der Waals surface area contributed by atoms with Crippen LogP contribution in [0.5, 0.6) is 0 Å². The molecule has 2 amide bonds. The Morgan fingerprint density at radius 3 is 2.51 bits per heavy atom. The molecule has 2 aliphatic rings. The maximum Gasteiger partial charge on any atom is 0.338 e. The maximum atomic E-state index is 13.3. The van der Waals surface area contributed by atoms with Crippen LogP contribution in [0.3, 0.4) is 0 Å². The molecule has 0 spiro atoms. The van der Waals surface area contributed by atoms with Crippen molar-refractivity contribution in [1.82, 2.24) is 15.3 Å². The highest BCUT2D eigenvalue weighted by atomic mass is 16.7. The lowest BCUT2D eigenvalue weighted by Crippen LogP contribution is -2.50. The topological polar surface area (TPSA) is 112 Å². The summed E-state index contributed by atoms with van der Waals surface area (Å²) in [6.45, 7) is 8.01. The number of anilines is 2. The number of benzene rings is 3. The highest BCUT2D eigenvalue weighted by Crippen LogP contribution is 2.39. The van der Waals surface area contributed by atoms with Crippen LogP contribution >= 0.6 is 0 Å². The molecule has 1 atom stereocenters. The van der Waals surface area contributed by atoms with Crippen molar-refractivity contribution in [2.75, 3.05) is 57.6 Å². The third-order valence-electron chi connectivity index (χ3n) is 7.66. The molecule has 3 aromatic rings.